The molecule has 7 nitrogen and oxygen atoms in total. The molecule has 3 aromatic rings. The molecule has 1 amide bonds. The Morgan fingerprint density at radius 1 is 0.861 bits per heavy atom. The third-order valence-electron chi connectivity index (χ3n) is 8.30. The SMILES string of the molecule is Cc1ccc(NC(=O)CCCCCCCCCC[N+]23Cc4n(cc[n+]4C)C2n2cc[n+](C)c2C3)cc1. The average Bonchev–Trinajstić information content (AvgIpc) is 3.56. The molecule has 2 aliphatic heterocycles. The number of nitrogens with zero attached hydrogens (tertiary/aromatic N) is 5. The number of aromatic nitrogens is 4. The van der Waals surface area contributed by atoms with Crippen LogP contribution in [0.15, 0.2) is 49.1 Å². The maximum Gasteiger partial charge on any atom is 0.380 e. The molecule has 36 heavy (non-hydrogen) atoms. The number of aryl methyl sites for hydroxylation is 3. The van der Waals surface area contributed by atoms with Crippen LogP contribution in [0.4, 0.5) is 5.69 Å². The predicted octanol–water partition coefficient (Wildman–Crippen LogP) is 4.25. The van der Waals surface area contributed by atoms with E-state index in [0.717, 1.165) is 36.1 Å². The topological polar surface area (TPSA) is 46.7 Å². The lowest BCUT2D eigenvalue weighted by molar-refractivity contribution is -0.982. The minimum atomic E-state index is 0.133. The molecule has 0 saturated carbocycles. The van der Waals surface area contributed by atoms with Gasteiger partial charge in [-0.2, -0.15) is 0 Å². The van der Waals surface area contributed by atoms with Gasteiger partial charge in [0.25, 0.3) is 0 Å². The number of hydrogen-bond donors (Lipinski definition) is 1. The summed E-state index contributed by atoms with van der Waals surface area (Å²) in [5, 5.41) is 3.00. The Bertz CT molecular complexity index is 1140. The van der Waals surface area contributed by atoms with Gasteiger partial charge in [0, 0.05) is 12.1 Å². The van der Waals surface area contributed by atoms with E-state index in [-0.39, 0.29) is 5.91 Å². The van der Waals surface area contributed by atoms with Crippen molar-refractivity contribution in [1.82, 2.24) is 9.13 Å². The minimum Gasteiger partial charge on any atom is -0.326 e. The summed E-state index contributed by atoms with van der Waals surface area (Å²) >= 11 is 0. The number of carbonyl (C=O) groups excluding carboxylic acids is 1. The number of nitrogens with one attached hydrogen (secondary N) is 1. The van der Waals surface area contributed by atoms with E-state index in [9.17, 15) is 4.79 Å². The molecule has 4 heterocycles. The highest BCUT2D eigenvalue weighted by molar-refractivity contribution is 5.90. The molecule has 0 aliphatic carbocycles. The summed E-state index contributed by atoms with van der Waals surface area (Å²) in [5.74, 6) is 3.01. The largest absolute Gasteiger partial charge is 0.380 e. The third kappa shape index (κ3) is 4.99. The Morgan fingerprint density at radius 3 is 1.97 bits per heavy atom. The number of hydrogen-bond acceptors (Lipinski definition) is 1. The van der Waals surface area contributed by atoms with Gasteiger partial charge in [0.1, 0.15) is 24.8 Å². The molecule has 0 atom stereocenters. The van der Waals surface area contributed by atoms with E-state index in [1.165, 1.54) is 62.3 Å². The van der Waals surface area contributed by atoms with Crippen LogP contribution in [0.3, 0.4) is 0 Å². The van der Waals surface area contributed by atoms with E-state index in [1.807, 2.05) is 24.3 Å². The first-order valence-corrected chi connectivity index (χ1v) is 13.8. The van der Waals surface area contributed by atoms with Crippen LogP contribution >= 0.6 is 0 Å². The van der Waals surface area contributed by atoms with E-state index >= 15 is 0 Å². The summed E-state index contributed by atoms with van der Waals surface area (Å²) in [5.41, 5.74) is 2.11. The Balaban J connectivity index is 0.977. The molecule has 0 spiro atoms. The molecule has 0 saturated heterocycles. The van der Waals surface area contributed by atoms with Crippen LogP contribution in [0.5, 0.6) is 0 Å². The molecule has 1 N–H and O–H groups in total. The van der Waals surface area contributed by atoms with Crippen molar-refractivity contribution in [3.63, 3.8) is 0 Å². The fraction of sp³-hybridized carbons (Fsp3) is 0.552. The molecule has 0 bridgehead atoms. The maximum absolute atomic E-state index is 12.1. The zero-order chi connectivity index (χ0) is 25.1. The van der Waals surface area contributed by atoms with Crippen molar-refractivity contribution in [2.75, 3.05) is 11.9 Å². The van der Waals surface area contributed by atoms with E-state index in [4.69, 9.17) is 0 Å². The molecule has 0 unspecified atom stereocenters. The summed E-state index contributed by atoms with van der Waals surface area (Å²) < 4.78 is 10.7. The normalized spacial score (nSPS) is 19.8. The van der Waals surface area contributed by atoms with Gasteiger partial charge in [-0.3, -0.25) is 4.79 Å². The summed E-state index contributed by atoms with van der Waals surface area (Å²) in [4.78, 5) is 12.1. The zero-order valence-electron chi connectivity index (χ0n) is 22.3. The van der Waals surface area contributed by atoms with Gasteiger partial charge in [-0.05, 0) is 38.3 Å². The molecular weight excluding hydrogens is 448 g/mol. The second kappa shape index (κ2) is 10.6. The lowest BCUT2D eigenvalue weighted by Gasteiger charge is -2.28. The standard InChI is InChI=1S/C29H42N6O/c1-24-13-15-25(16-14-24)30-26(36)12-10-8-6-4-5-7-9-11-21-35-22-27-31(2)17-19-33(27)29(35)34-20-18-32(3)28(34)23-35/h13-20,29H,4-12,21-23H2,1-3H3/q+2/p+1. The lowest BCUT2D eigenvalue weighted by Crippen LogP contribution is -2.46. The van der Waals surface area contributed by atoms with E-state index < -0.39 is 0 Å². The molecular formula is C29H43N6O+3. The molecule has 1 aromatic carbocycles. The van der Waals surface area contributed by atoms with Crippen molar-refractivity contribution in [2.24, 2.45) is 14.1 Å². The van der Waals surface area contributed by atoms with Crippen molar-refractivity contribution in [3.8, 4) is 0 Å². The van der Waals surface area contributed by atoms with Crippen molar-refractivity contribution >= 4 is 11.6 Å². The quantitative estimate of drug-likeness (QED) is 0.230. The molecule has 192 valence electrons. The number of unbranched alkanes of at least 4 members (excludes halogenated alkanes) is 7. The monoisotopic (exact) mass is 491 g/mol. The van der Waals surface area contributed by atoms with Crippen LogP contribution < -0.4 is 14.5 Å². The Morgan fingerprint density at radius 2 is 1.39 bits per heavy atom. The van der Waals surface area contributed by atoms with Gasteiger partial charge >= 0.3 is 17.9 Å². The van der Waals surface area contributed by atoms with Gasteiger partial charge in [0.2, 0.25) is 5.91 Å². The summed E-state index contributed by atoms with van der Waals surface area (Å²) in [6.07, 6.45) is 19.8. The van der Waals surface area contributed by atoms with Gasteiger partial charge in [0.15, 0.2) is 13.1 Å². The third-order valence-corrected chi connectivity index (χ3v) is 8.30. The summed E-state index contributed by atoms with van der Waals surface area (Å²) in [6.45, 7) is 5.53. The number of benzene rings is 1. The molecule has 2 aliphatic rings. The van der Waals surface area contributed by atoms with Crippen molar-refractivity contribution in [3.05, 3.63) is 66.3 Å². The van der Waals surface area contributed by atoms with Gasteiger partial charge in [-0.15, -0.1) is 9.13 Å². The molecule has 2 aromatic heterocycles. The molecule has 5 rings (SSSR count). The van der Waals surface area contributed by atoms with Gasteiger partial charge in [-0.25, -0.2) is 13.6 Å². The van der Waals surface area contributed by atoms with Crippen LogP contribution in [0.1, 0.15) is 81.3 Å². The number of fused-ring (bicyclic) bond motifs is 5. The minimum absolute atomic E-state index is 0.133. The highest BCUT2D eigenvalue weighted by Gasteiger charge is 2.62. The second-order valence-electron chi connectivity index (χ2n) is 11.1. The lowest BCUT2D eigenvalue weighted by atomic mass is 10.1. The first-order chi connectivity index (χ1) is 17.5. The van der Waals surface area contributed by atoms with Crippen LogP contribution in [-0.2, 0) is 32.0 Å². The first-order valence-electron chi connectivity index (χ1n) is 13.8. The molecule has 0 fully saturated rings. The Hall–Kier alpha value is -2.93. The number of anilines is 1. The van der Waals surface area contributed by atoms with E-state index in [1.54, 1.807) is 0 Å². The number of rotatable bonds is 12. The number of carbonyl (C=O) groups is 1. The fourth-order valence-corrected chi connectivity index (χ4v) is 6.21. The summed E-state index contributed by atoms with van der Waals surface area (Å²) in [6, 6.07) is 8.01. The molecule has 0 radical (unpaired) electrons. The van der Waals surface area contributed by atoms with Crippen molar-refractivity contribution < 1.29 is 18.4 Å². The van der Waals surface area contributed by atoms with Crippen molar-refractivity contribution in [1.29, 1.82) is 0 Å². The summed E-state index contributed by atoms with van der Waals surface area (Å²) in [7, 11) is 4.36. The number of quaternary nitrogens is 1. The van der Waals surface area contributed by atoms with Gasteiger partial charge in [0.05, 0.1) is 20.6 Å². The highest BCUT2D eigenvalue weighted by Crippen LogP contribution is 2.42. The second-order valence-corrected chi connectivity index (χ2v) is 11.1. The smallest absolute Gasteiger partial charge is 0.326 e. The van der Waals surface area contributed by atoms with Gasteiger partial charge in [-0.1, -0.05) is 49.8 Å². The predicted molar refractivity (Wildman–Crippen MR) is 140 cm³/mol. The van der Waals surface area contributed by atoms with Crippen LogP contribution in [0.2, 0.25) is 0 Å². The van der Waals surface area contributed by atoms with Crippen LogP contribution in [0, 0.1) is 6.92 Å². The first kappa shape index (κ1) is 24.8. The maximum atomic E-state index is 12.1. The van der Waals surface area contributed by atoms with E-state index in [2.05, 4.69) is 69.4 Å². The highest BCUT2D eigenvalue weighted by atomic mass is 16.1. The fourth-order valence-electron chi connectivity index (χ4n) is 6.21. The van der Waals surface area contributed by atoms with E-state index in [0.29, 0.717) is 12.7 Å². The Labute approximate surface area is 215 Å². The van der Waals surface area contributed by atoms with Gasteiger partial charge < -0.3 is 5.32 Å². The Kier molecular flexibility index (Phi) is 7.28. The zero-order valence-corrected chi connectivity index (χ0v) is 22.3. The van der Waals surface area contributed by atoms with Crippen LogP contribution in [0.25, 0.3) is 0 Å². The van der Waals surface area contributed by atoms with Crippen LogP contribution in [-0.4, -0.2) is 26.1 Å². The number of amides is 1. The average molecular weight is 492 g/mol. The molecule has 7 heteroatoms. The number of imidazole rings is 2. The van der Waals surface area contributed by atoms with Crippen molar-refractivity contribution in [2.45, 2.75) is 84.1 Å².